The Hall–Kier alpha value is -3.80. The van der Waals surface area contributed by atoms with E-state index in [4.69, 9.17) is 4.74 Å². The number of carboxylic acid groups (broad SMARTS) is 1. The molecule has 1 amide bonds. The normalized spacial score (nSPS) is 10.4. The van der Waals surface area contributed by atoms with Crippen LogP contribution in [0.25, 0.3) is 0 Å². The monoisotopic (exact) mass is 376 g/mol. The number of nitrogens with one attached hydrogen (secondary N) is 2. The Morgan fingerprint density at radius 1 is 0.893 bits per heavy atom. The molecule has 0 saturated carbocycles. The lowest BCUT2D eigenvalue weighted by Gasteiger charge is -2.19. The Labute approximate surface area is 162 Å². The average molecular weight is 376 g/mol. The van der Waals surface area contributed by atoms with E-state index in [0.717, 1.165) is 11.1 Å². The molecule has 0 heterocycles. The maximum absolute atomic E-state index is 12.5. The van der Waals surface area contributed by atoms with Gasteiger partial charge in [-0.05, 0) is 29.3 Å². The van der Waals surface area contributed by atoms with Gasteiger partial charge >= 0.3 is 12.1 Å². The van der Waals surface area contributed by atoms with Gasteiger partial charge in [-0.3, -0.25) is 0 Å². The molecule has 0 spiro atoms. The van der Waals surface area contributed by atoms with Crippen molar-refractivity contribution in [2.24, 2.45) is 0 Å². The Morgan fingerprint density at radius 2 is 1.46 bits per heavy atom. The number of aromatic carboxylic acids is 1. The molecule has 0 fully saturated rings. The molecule has 0 aliphatic heterocycles. The zero-order chi connectivity index (χ0) is 19.9. The van der Waals surface area contributed by atoms with Gasteiger partial charge in [0.05, 0.1) is 11.6 Å². The number of hydrogen-bond donors (Lipinski definition) is 3. The maximum Gasteiger partial charge on any atom is 0.413 e. The molecule has 0 atom stereocenters. The molecular weight excluding hydrogens is 356 g/mol. The summed E-state index contributed by atoms with van der Waals surface area (Å²) in [4.78, 5) is 23.9. The Morgan fingerprint density at radius 3 is 1.96 bits per heavy atom. The average Bonchev–Trinajstić information content (AvgIpc) is 2.73. The number of carbonyl (C=O) groups excluding carboxylic acids is 1. The van der Waals surface area contributed by atoms with E-state index in [1.165, 1.54) is 12.1 Å². The fraction of sp³-hybridized carbons (Fsp3) is 0.0909. The lowest BCUT2D eigenvalue weighted by Crippen LogP contribution is -2.31. The van der Waals surface area contributed by atoms with E-state index < -0.39 is 18.1 Å². The van der Waals surface area contributed by atoms with Crippen LogP contribution in [0.15, 0.2) is 78.9 Å². The first kappa shape index (κ1) is 19.0. The highest BCUT2D eigenvalue weighted by Gasteiger charge is 2.19. The molecule has 3 aromatic rings. The molecule has 142 valence electrons. The van der Waals surface area contributed by atoms with Crippen LogP contribution in [0.5, 0.6) is 5.75 Å². The van der Waals surface area contributed by atoms with E-state index >= 15 is 0 Å². The Balaban J connectivity index is 1.81. The maximum atomic E-state index is 12.5. The van der Waals surface area contributed by atoms with Gasteiger partial charge in [-0.25, -0.2) is 9.59 Å². The lowest BCUT2D eigenvalue weighted by atomic mass is 9.99. The molecule has 0 radical (unpaired) electrons. The highest BCUT2D eigenvalue weighted by atomic mass is 16.6. The van der Waals surface area contributed by atoms with Crippen molar-refractivity contribution in [3.05, 3.63) is 95.6 Å². The summed E-state index contributed by atoms with van der Waals surface area (Å²) >= 11 is 0. The minimum atomic E-state index is -1.11. The van der Waals surface area contributed by atoms with E-state index in [1.54, 1.807) is 13.1 Å². The first-order valence-electron chi connectivity index (χ1n) is 8.72. The van der Waals surface area contributed by atoms with Crippen molar-refractivity contribution in [2.45, 2.75) is 6.04 Å². The van der Waals surface area contributed by atoms with Gasteiger partial charge in [0.15, 0.2) is 0 Å². The van der Waals surface area contributed by atoms with E-state index in [-0.39, 0.29) is 11.3 Å². The van der Waals surface area contributed by atoms with Gasteiger partial charge in [0.2, 0.25) is 0 Å². The fourth-order valence-corrected chi connectivity index (χ4v) is 2.89. The molecule has 3 aromatic carbocycles. The van der Waals surface area contributed by atoms with Crippen LogP contribution in [0.3, 0.4) is 0 Å². The highest BCUT2D eigenvalue weighted by Crippen LogP contribution is 2.24. The molecule has 3 N–H and O–H groups in total. The SMILES string of the molecule is CNc1ccc(OC(=O)NC(c2ccccc2)c2ccccc2)cc1C(=O)O. The number of carboxylic acids is 1. The molecule has 0 bridgehead atoms. The first-order chi connectivity index (χ1) is 13.6. The lowest BCUT2D eigenvalue weighted by molar-refractivity contribution is 0.0697. The zero-order valence-corrected chi connectivity index (χ0v) is 15.3. The van der Waals surface area contributed by atoms with Gasteiger partial charge < -0.3 is 20.5 Å². The standard InChI is InChI=1S/C22H20N2O4/c1-23-19-13-12-17(14-18(19)21(25)26)28-22(27)24-20(15-8-4-2-5-9-15)16-10-6-3-7-11-16/h2-14,20,23H,1H3,(H,24,27)(H,25,26). The van der Waals surface area contributed by atoms with Crippen molar-refractivity contribution >= 4 is 17.7 Å². The molecule has 0 aliphatic carbocycles. The van der Waals surface area contributed by atoms with Crippen molar-refractivity contribution in [1.29, 1.82) is 0 Å². The second kappa shape index (κ2) is 8.73. The predicted octanol–water partition coefficient (Wildman–Crippen LogP) is 4.30. The zero-order valence-electron chi connectivity index (χ0n) is 15.3. The molecule has 0 saturated heterocycles. The number of rotatable bonds is 6. The molecular formula is C22H20N2O4. The molecule has 0 unspecified atom stereocenters. The summed E-state index contributed by atoms with van der Waals surface area (Å²) in [5.74, 6) is -0.963. The van der Waals surface area contributed by atoms with Crippen molar-refractivity contribution in [3.8, 4) is 5.75 Å². The third kappa shape index (κ3) is 4.48. The van der Waals surface area contributed by atoms with Crippen molar-refractivity contribution < 1.29 is 19.4 Å². The number of hydrogen-bond acceptors (Lipinski definition) is 4. The van der Waals surface area contributed by atoms with Crippen LogP contribution in [-0.2, 0) is 0 Å². The van der Waals surface area contributed by atoms with Crippen molar-refractivity contribution in [1.82, 2.24) is 5.32 Å². The van der Waals surface area contributed by atoms with Crippen LogP contribution in [-0.4, -0.2) is 24.2 Å². The van der Waals surface area contributed by atoms with Crippen LogP contribution >= 0.6 is 0 Å². The largest absolute Gasteiger partial charge is 0.478 e. The van der Waals surface area contributed by atoms with Crippen LogP contribution < -0.4 is 15.4 Å². The number of benzene rings is 3. The summed E-state index contributed by atoms with van der Waals surface area (Å²) in [6, 6.07) is 23.1. The van der Waals surface area contributed by atoms with E-state index in [9.17, 15) is 14.7 Å². The van der Waals surface area contributed by atoms with E-state index in [1.807, 2.05) is 60.7 Å². The van der Waals surface area contributed by atoms with E-state index in [2.05, 4.69) is 10.6 Å². The highest BCUT2D eigenvalue weighted by molar-refractivity contribution is 5.94. The summed E-state index contributed by atoms with van der Waals surface area (Å²) in [6.45, 7) is 0. The summed E-state index contributed by atoms with van der Waals surface area (Å²) < 4.78 is 5.34. The van der Waals surface area contributed by atoms with E-state index in [0.29, 0.717) is 5.69 Å². The van der Waals surface area contributed by atoms with Crippen molar-refractivity contribution in [2.75, 3.05) is 12.4 Å². The van der Waals surface area contributed by atoms with Crippen molar-refractivity contribution in [3.63, 3.8) is 0 Å². The third-order valence-electron chi connectivity index (χ3n) is 4.23. The molecule has 0 aliphatic rings. The third-order valence-corrected chi connectivity index (χ3v) is 4.23. The quantitative estimate of drug-likeness (QED) is 0.597. The minimum absolute atomic E-state index is 0.0236. The van der Waals surface area contributed by atoms with Gasteiger partial charge in [-0.15, -0.1) is 0 Å². The minimum Gasteiger partial charge on any atom is -0.478 e. The summed E-state index contributed by atoms with van der Waals surface area (Å²) in [5.41, 5.74) is 2.27. The number of ether oxygens (including phenoxy) is 1. The summed E-state index contributed by atoms with van der Waals surface area (Å²) in [7, 11) is 1.62. The molecule has 6 nitrogen and oxygen atoms in total. The van der Waals surface area contributed by atoms with Gasteiger partial charge in [-0.1, -0.05) is 60.7 Å². The van der Waals surface area contributed by atoms with Crippen LogP contribution in [0, 0.1) is 0 Å². The van der Waals surface area contributed by atoms with Gasteiger partial charge in [0.25, 0.3) is 0 Å². The summed E-state index contributed by atoms with van der Waals surface area (Å²) in [5, 5.41) is 14.9. The van der Waals surface area contributed by atoms with Crippen LogP contribution in [0.4, 0.5) is 10.5 Å². The smallest absolute Gasteiger partial charge is 0.413 e. The predicted molar refractivity (Wildman–Crippen MR) is 107 cm³/mol. The fourth-order valence-electron chi connectivity index (χ4n) is 2.89. The number of amides is 1. The second-order valence-corrected chi connectivity index (χ2v) is 6.05. The number of carbonyl (C=O) groups is 2. The van der Waals surface area contributed by atoms with Gasteiger partial charge in [-0.2, -0.15) is 0 Å². The van der Waals surface area contributed by atoms with Gasteiger partial charge in [0.1, 0.15) is 5.75 Å². The first-order valence-corrected chi connectivity index (χ1v) is 8.72. The molecule has 28 heavy (non-hydrogen) atoms. The Kier molecular flexibility index (Phi) is 5.91. The second-order valence-electron chi connectivity index (χ2n) is 6.05. The summed E-state index contributed by atoms with van der Waals surface area (Å²) in [6.07, 6.45) is -0.675. The molecule has 0 aromatic heterocycles. The molecule has 6 heteroatoms. The van der Waals surface area contributed by atoms with Crippen LogP contribution in [0.1, 0.15) is 27.5 Å². The number of anilines is 1. The molecule has 3 rings (SSSR count). The Bertz CT molecular complexity index is 919. The topological polar surface area (TPSA) is 87.7 Å². The van der Waals surface area contributed by atoms with Crippen LogP contribution in [0.2, 0.25) is 0 Å². The van der Waals surface area contributed by atoms with Gasteiger partial charge in [0, 0.05) is 12.7 Å².